The third kappa shape index (κ3) is 6.77. The van der Waals surface area contributed by atoms with Gasteiger partial charge in [-0.2, -0.15) is 0 Å². The average Bonchev–Trinajstić information content (AvgIpc) is 2.84. The van der Waals surface area contributed by atoms with E-state index in [0.717, 1.165) is 16.7 Å². The lowest BCUT2D eigenvalue weighted by molar-refractivity contribution is -0.147. The Balaban J connectivity index is 1.99. The van der Waals surface area contributed by atoms with Gasteiger partial charge in [0, 0.05) is 13.1 Å². The second-order valence-corrected chi connectivity index (χ2v) is 8.44. The fourth-order valence-electron chi connectivity index (χ4n) is 3.89. The smallest absolute Gasteiger partial charge is 0.328 e. The SMILES string of the molecule is COC(=O)[C@@H](NC(=O)[C@@H](c1ccccc1)N(Cc1ccccc1)Cc1ccccc1)C(C)C. The zero-order chi connectivity index (χ0) is 23.6. The van der Waals surface area contributed by atoms with Gasteiger partial charge in [-0.15, -0.1) is 0 Å². The molecule has 3 aromatic rings. The highest BCUT2D eigenvalue weighted by Crippen LogP contribution is 2.26. The van der Waals surface area contributed by atoms with Gasteiger partial charge in [-0.1, -0.05) is 105 Å². The molecule has 5 nitrogen and oxygen atoms in total. The molecular formula is C28H32N2O3. The van der Waals surface area contributed by atoms with E-state index in [4.69, 9.17) is 4.74 Å². The number of nitrogens with zero attached hydrogens (tertiary/aromatic N) is 1. The topological polar surface area (TPSA) is 58.6 Å². The average molecular weight is 445 g/mol. The van der Waals surface area contributed by atoms with Crippen molar-refractivity contribution in [2.24, 2.45) is 5.92 Å². The van der Waals surface area contributed by atoms with Crippen LogP contribution in [0.3, 0.4) is 0 Å². The molecule has 0 unspecified atom stereocenters. The van der Waals surface area contributed by atoms with Crippen LogP contribution in [0.5, 0.6) is 0 Å². The molecule has 33 heavy (non-hydrogen) atoms. The highest BCUT2D eigenvalue weighted by Gasteiger charge is 2.33. The number of ether oxygens (including phenoxy) is 1. The maximum Gasteiger partial charge on any atom is 0.328 e. The van der Waals surface area contributed by atoms with Crippen molar-refractivity contribution in [1.82, 2.24) is 10.2 Å². The summed E-state index contributed by atoms with van der Waals surface area (Å²) in [7, 11) is 1.34. The van der Waals surface area contributed by atoms with Crippen LogP contribution in [0.2, 0.25) is 0 Å². The molecule has 0 bridgehead atoms. The van der Waals surface area contributed by atoms with Crippen LogP contribution in [0.25, 0.3) is 0 Å². The van der Waals surface area contributed by atoms with Gasteiger partial charge in [-0.05, 0) is 22.6 Å². The number of hydrogen-bond donors (Lipinski definition) is 1. The summed E-state index contributed by atoms with van der Waals surface area (Å²) in [5, 5.41) is 2.96. The van der Waals surface area contributed by atoms with E-state index >= 15 is 0 Å². The summed E-state index contributed by atoms with van der Waals surface area (Å²) in [6, 6.07) is 28.6. The molecule has 0 saturated carbocycles. The van der Waals surface area contributed by atoms with Crippen LogP contribution in [0, 0.1) is 5.92 Å². The Hall–Kier alpha value is -3.44. The first-order valence-electron chi connectivity index (χ1n) is 11.2. The molecule has 0 aliphatic heterocycles. The highest BCUT2D eigenvalue weighted by molar-refractivity contribution is 5.88. The highest BCUT2D eigenvalue weighted by atomic mass is 16.5. The molecule has 3 aromatic carbocycles. The quantitative estimate of drug-likeness (QED) is 0.459. The first kappa shape index (κ1) is 24.2. The van der Waals surface area contributed by atoms with Crippen molar-refractivity contribution in [1.29, 1.82) is 0 Å². The van der Waals surface area contributed by atoms with Gasteiger partial charge >= 0.3 is 5.97 Å². The van der Waals surface area contributed by atoms with Gasteiger partial charge in [-0.3, -0.25) is 9.69 Å². The van der Waals surface area contributed by atoms with E-state index in [9.17, 15) is 9.59 Å². The Bertz CT molecular complexity index is 966. The predicted molar refractivity (Wildman–Crippen MR) is 130 cm³/mol. The fourth-order valence-corrected chi connectivity index (χ4v) is 3.89. The number of methoxy groups -OCH3 is 1. The minimum Gasteiger partial charge on any atom is -0.467 e. The van der Waals surface area contributed by atoms with Crippen molar-refractivity contribution in [3.63, 3.8) is 0 Å². The molecule has 0 aliphatic carbocycles. The predicted octanol–water partition coefficient (Wildman–Crippen LogP) is 4.74. The number of benzene rings is 3. The van der Waals surface area contributed by atoms with Crippen LogP contribution in [0.15, 0.2) is 91.0 Å². The number of nitrogens with one attached hydrogen (secondary N) is 1. The van der Waals surface area contributed by atoms with E-state index in [1.165, 1.54) is 7.11 Å². The minimum absolute atomic E-state index is 0.102. The minimum atomic E-state index is -0.719. The maximum atomic E-state index is 13.7. The van der Waals surface area contributed by atoms with Crippen LogP contribution in [-0.2, 0) is 27.4 Å². The molecule has 3 rings (SSSR count). The molecular weight excluding hydrogens is 412 g/mol. The van der Waals surface area contributed by atoms with Gasteiger partial charge in [0.25, 0.3) is 0 Å². The second-order valence-electron chi connectivity index (χ2n) is 8.44. The summed E-state index contributed by atoms with van der Waals surface area (Å²) in [6.45, 7) is 4.94. The van der Waals surface area contributed by atoms with Gasteiger partial charge in [0.1, 0.15) is 12.1 Å². The zero-order valence-corrected chi connectivity index (χ0v) is 19.5. The van der Waals surface area contributed by atoms with Gasteiger partial charge < -0.3 is 10.1 Å². The number of carbonyl (C=O) groups is 2. The number of amides is 1. The number of rotatable bonds is 10. The summed E-state index contributed by atoms with van der Waals surface area (Å²) in [4.78, 5) is 28.2. The van der Waals surface area contributed by atoms with E-state index in [0.29, 0.717) is 13.1 Å². The first-order chi connectivity index (χ1) is 16.0. The lowest BCUT2D eigenvalue weighted by atomic mass is 9.99. The first-order valence-corrected chi connectivity index (χ1v) is 11.2. The molecule has 172 valence electrons. The Morgan fingerprint density at radius 2 is 1.24 bits per heavy atom. The van der Waals surface area contributed by atoms with Crippen LogP contribution in [-0.4, -0.2) is 29.9 Å². The monoisotopic (exact) mass is 444 g/mol. The molecule has 1 amide bonds. The molecule has 0 aromatic heterocycles. The van der Waals surface area contributed by atoms with Crippen LogP contribution < -0.4 is 5.32 Å². The molecule has 0 spiro atoms. The van der Waals surface area contributed by atoms with Crippen molar-refractivity contribution >= 4 is 11.9 Å². The van der Waals surface area contributed by atoms with E-state index in [1.54, 1.807) is 0 Å². The van der Waals surface area contributed by atoms with E-state index in [-0.39, 0.29) is 11.8 Å². The summed E-state index contributed by atoms with van der Waals surface area (Å²) in [5.41, 5.74) is 3.08. The van der Waals surface area contributed by atoms with E-state index in [2.05, 4.69) is 34.5 Å². The fraction of sp³-hybridized carbons (Fsp3) is 0.286. The lowest BCUT2D eigenvalue weighted by Crippen LogP contribution is -2.49. The normalized spacial score (nSPS) is 12.9. The largest absolute Gasteiger partial charge is 0.467 e. The van der Waals surface area contributed by atoms with Crippen molar-refractivity contribution in [3.8, 4) is 0 Å². The third-order valence-electron chi connectivity index (χ3n) is 5.61. The summed E-state index contributed by atoms with van der Waals surface area (Å²) in [6.07, 6.45) is 0. The Kier molecular flexibility index (Phi) is 8.79. The molecule has 0 fully saturated rings. The summed E-state index contributed by atoms with van der Waals surface area (Å²) in [5.74, 6) is -0.769. The number of hydrogen-bond acceptors (Lipinski definition) is 4. The number of esters is 1. The second kappa shape index (κ2) is 12.0. The molecule has 0 heterocycles. The Morgan fingerprint density at radius 1 is 0.788 bits per heavy atom. The van der Waals surface area contributed by atoms with E-state index < -0.39 is 18.1 Å². The molecule has 5 heteroatoms. The van der Waals surface area contributed by atoms with Gasteiger partial charge in [0.05, 0.1) is 7.11 Å². The summed E-state index contributed by atoms with van der Waals surface area (Å²) < 4.78 is 4.94. The third-order valence-corrected chi connectivity index (χ3v) is 5.61. The van der Waals surface area contributed by atoms with Gasteiger partial charge in [0.15, 0.2) is 0 Å². The molecule has 1 N–H and O–H groups in total. The molecule has 0 saturated heterocycles. The van der Waals surface area contributed by atoms with Crippen LogP contribution in [0.4, 0.5) is 0 Å². The Morgan fingerprint density at radius 3 is 1.67 bits per heavy atom. The number of carbonyl (C=O) groups excluding carboxylic acids is 2. The molecule has 0 radical (unpaired) electrons. The van der Waals surface area contributed by atoms with Crippen LogP contribution in [0.1, 0.15) is 36.6 Å². The Labute approximate surface area is 196 Å². The molecule has 2 atom stereocenters. The van der Waals surface area contributed by atoms with Crippen molar-refractivity contribution in [2.75, 3.05) is 7.11 Å². The molecule has 0 aliphatic rings. The summed E-state index contributed by atoms with van der Waals surface area (Å²) >= 11 is 0. The zero-order valence-electron chi connectivity index (χ0n) is 19.5. The van der Waals surface area contributed by atoms with Gasteiger partial charge in [0.2, 0.25) is 5.91 Å². The van der Waals surface area contributed by atoms with E-state index in [1.807, 2.05) is 80.6 Å². The van der Waals surface area contributed by atoms with Crippen molar-refractivity contribution < 1.29 is 14.3 Å². The van der Waals surface area contributed by atoms with Gasteiger partial charge in [-0.25, -0.2) is 4.79 Å². The maximum absolute atomic E-state index is 13.7. The van der Waals surface area contributed by atoms with Crippen molar-refractivity contribution in [2.45, 2.75) is 39.0 Å². The van der Waals surface area contributed by atoms with Crippen molar-refractivity contribution in [3.05, 3.63) is 108 Å². The standard InChI is InChI=1S/C28H32N2O3/c1-21(2)25(28(32)33-3)29-27(31)26(24-17-11-6-12-18-24)30(19-22-13-7-4-8-14-22)20-23-15-9-5-10-16-23/h4-18,21,25-26H,19-20H2,1-3H3,(H,29,31)/t25-,26+/m0/s1. The lowest BCUT2D eigenvalue weighted by Gasteiger charge is -2.33. The van der Waals surface area contributed by atoms with Crippen LogP contribution >= 0.6 is 0 Å².